The van der Waals surface area contributed by atoms with Gasteiger partial charge >= 0.3 is 0 Å². The van der Waals surface area contributed by atoms with Gasteiger partial charge in [0.1, 0.15) is 5.78 Å². The fraction of sp³-hybridized carbons (Fsp3) is 0.417. The zero-order chi connectivity index (χ0) is 12.6. The maximum Gasteiger partial charge on any atom is 0.174 e. The van der Waals surface area contributed by atoms with Gasteiger partial charge in [0.25, 0.3) is 0 Å². The third-order valence-corrected chi connectivity index (χ3v) is 2.67. The van der Waals surface area contributed by atoms with Crippen LogP contribution < -0.4 is 21.5 Å². The van der Waals surface area contributed by atoms with Gasteiger partial charge < -0.3 is 17.0 Å². The molecule has 0 amide bonds. The molecule has 0 fully saturated rings. The molecule has 0 bridgehead atoms. The summed E-state index contributed by atoms with van der Waals surface area (Å²) in [6.07, 6.45) is 6.54. The number of Topliss-reactive ketones (excluding diaryl/α,β-unsaturated/α-hetero) is 1. The summed E-state index contributed by atoms with van der Waals surface area (Å²) in [4.78, 5) is 11.7. The summed E-state index contributed by atoms with van der Waals surface area (Å²) < 4.78 is 2.01. The van der Waals surface area contributed by atoms with Crippen molar-refractivity contribution >= 4 is 5.78 Å². The Morgan fingerprint density at radius 2 is 2.00 bits per heavy atom. The Labute approximate surface area is 122 Å². The van der Waals surface area contributed by atoms with E-state index in [9.17, 15) is 4.79 Å². The molecule has 0 aliphatic carbocycles. The SMILES string of the molecule is O=C(CCCc1nn[nH]n1)CC[n+]1ccccc1.[Br-]. The van der Waals surface area contributed by atoms with Crippen LogP contribution in [0.3, 0.4) is 0 Å². The summed E-state index contributed by atoms with van der Waals surface area (Å²) in [5.41, 5.74) is 0. The molecule has 2 heterocycles. The highest BCUT2D eigenvalue weighted by atomic mass is 79.9. The van der Waals surface area contributed by atoms with E-state index in [1.54, 1.807) is 0 Å². The van der Waals surface area contributed by atoms with Crippen LogP contribution in [0.5, 0.6) is 0 Å². The highest BCUT2D eigenvalue weighted by Gasteiger charge is 2.07. The fourth-order valence-electron chi connectivity index (χ4n) is 1.69. The Morgan fingerprint density at radius 3 is 2.68 bits per heavy atom. The zero-order valence-corrected chi connectivity index (χ0v) is 12.1. The predicted molar refractivity (Wildman–Crippen MR) is 63.4 cm³/mol. The van der Waals surface area contributed by atoms with Crippen molar-refractivity contribution in [1.82, 2.24) is 20.6 Å². The standard InChI is InChI=1S/C12H16N5O.BrH/c18-11(5-4-6-12-13-15-16-14-12)7-10-17-8-2-1-3-9-17;/h1-3,8-9H,4-7,10H2,(H,13,14,15,16);1H/q+1;/p-1. The number of aromatic nitrogens is 5. The van der Waals surface area contributed by atoms with E-state index >= 15 is 0 Å². The average Bonchev–Trinajstić information content (AvgIpc) is 2.91. The van der Waals surface area contributed by atoms with Gasteiger partial charge in [-0.1, -0.05) is 11.3 Å². The van der Waals surface area contributed by atoms with Crippen molar-refractivity contribution in [1.29, 1.82) is 0 Å². The van der Waals surface area contributed by atoms with E-state index in [0.29, 0.717) is 25.1 Å². The first-order chi connectivity index (χ1) is 8.84. The number of ketones is 1. The molecule has 2 aromatic heterocycles. The molecule has 0 aliphatic rings. The first kappa shape index (κ1) is 15.4. The molecule has 0 unspecified atom stereocenters. The predicted octanol–water partition coefficient (Wildman–Crippen LogP) is -2.53. The topological polar surface area (TPSA) is 75.4 Å². The quantitative estimate of drug-likeness (QED) is 0.570. The van der Waals surface area contributed by atoms with Gasteiger partial charge in [0.2, 0.25) is 0 Å². The second-order valence-electron chi connectivity index (χ2n) is 4.08. The van der Waals surface area contributed by atoms with Gasteiger partial charge in [-0.3, -0.25) is 4.79 Å². The van der Waals surface area contributed by atoms with Crippen molar-refractivity contribution < 1.29 is 26.3 Å². The molecular formula is C12H16BrN5O. The molecule has 7 heteroatoms. The maximum absolute atomic E-state index is 11.7. The number of H-pyrrole nitrogens is 1. The van der Waals surface area contributed by atoms with E-state index in [1.807, 2.05) is 35.2 Å². The summed E-state index contributed by atoms with van der Waals surface area (Å²) in [7, 11) is 0. The van der Waals surface area contributed by atoms with Crippen molar-refractivity contribution in [3.05, 3.63) is 36.4 Å². The fourth-order valence-corrected chi connectivity index (χ4v) is 1.69. The Kier molecular flexibility index (Phi) is 6.88. The van der Waals surface area contributed by atoms with Gasteiger partial charge in [-0.25, -0.2) is 4.57 Å². The van der Waals surface area contributed by atoms with E-state index in [2.05, 4.69) is 20.6 Å². The molecule has 0 radical (unpaired) electrons. The maximum atomic E-state index is 11.7. The summed E-state index contributed by atoms with van der Waals surface area (Å²) in [5.74, 6) is 0.940. The number of tetrazole rings is 1. The number of carbonyl (C=O) groups excluding carboxylic acids is 1. The van der Waals surface area contributed by atoms with E-state index in [4.69, 9.17) is 0 Å². The lowest BCUT2D eigenvalue weighted by molar-refractivity contribution is -0.695. The molecule has 19 heavy (non-hydrogen) atoms. The number of rotatable bonds is 7. The van der Waals surface area contributed by atoms with Gasteiger partial charge in [0.05, 0.1) is 6.42 Å². The molecule has 102 valence electrons. The molecule has 0 saturated carbocycles. The van der Waals surface area contributed by atoms with E-state index in [1.165, 1.54) is 0 Å². The third-order valence-electron chi connectivity index (χ3n) is 2.67. The van der Waals surface area contributed by atoms with Crippen molar-refractivity contribution in [2.75, 3.05) is 0 Å². The van der Waals surface area contributed by atoms with Crippen LogP contribution in [0.15, 0.2) is 30.6 Å². The Hall–Kier alpha value is -1.63. The van der Waals surface area contributed by atoms with Crippen LogP contribution in [0, 0.1) is 0 Å². The van der Waals surface area contributed by atoms with Gasteiger partial charge in [-0.05, 0) is 6.42 Å². The Balaban J connectivity index is 0.00000180. The minimum atomic E-state index is 0. The van der Waals surface area contributed by atoms with Crippen LogP contribution in [0.4, 0.5) is 0 Å². The van der Waals surface area contributed by atoms with Gasteiger partial charge in [-0.15, -0.1) is 10.2 Å². The third kappa shape index (κ3) is 5.69. The number of pyridine rings is 1. The van der Waals surface area contributed by atoms with Crippen molar-refractivity contribution in [2.45, 2.75) is 32.2 Å². The first-order valence-electron chi connectivity index (χ1n) is 6.03. The summed E-state index contributed by atoms with van der Waals surface area (Å²) in [5, 5.41) is 13.6. The van der Waals surface area contributed by atoms with E-state index in [0.717, 1.165) is 13.0 Å². The molecule has 6 nitrogen and oxygen atoms in total. The number of hydrogen-bond donors (Lipinski definition) is 1. The van der Waals surface area contributed by atoms with Crippen LogP contribution >= 0.6 is 0 Å². The molecule has 0 atom stereocenters. The second-order valence-corrected chi connectivity index (χ2v) is 4.08. The number of nitrogens with zero attached hydrogens (tertiary/aromatic N) is 4. The average molecular weight is 326 g/mol. The van der Waals surface area contributed by atoms with Crippen molar-refractivity contribution in [3.63, 3.8) is 0 Å². The van der Waals surface area contributed by atoms with Gasteiger partial charge in [0, 0.05) is 25.0 Å². The highest BCUT2D eigenvalue weighted by molar-refractivity contribution is 5.78. The summed E-state index contributed by atoms with van der Waals surface area (Å²) >= 11 is 0. The van der Waals surface area contributed by atoms with Crippen molar-refractivity contribution in [3.8, 4) is 0 Å². The smallest absolute Gasteiger partial charge is 0.174 e. The molecule has 0 spiro atoms. The van der Waals surface area contributed by atoms with Crippen LogP contribution in [0.25, 0.3) is 0 Å². The number of aryl methyl sites for hydroxylation is 2. The number of halogens is 1. The number of hydrogen-bond acceptors (Lipinski definition) is 4. The molecule has 1 N–H and O–H groups in total. The van der Waals surface area contributed by atoms with Crippen LogP contribution in [-0.4, -0.2) is 26.4 Å². The van der Waals surface area contributed by atoms with Crippen LogP contribution in [0.1, 0.15) is 25.1 Å². The zero-order valence-electron chi connectivity index (χ0n) is 10.5. The minimum absolute atomic E-state index is 0. The minimum Gasteiger partial charge on any atom is -1.00 e. The second kappa shape index (κ2) is 8.47. The molecule has 0 aromatic carbocycles. The lowest BCUT2D eigenvalue weighted by Crippen LogP contribution is -3.00. The molecule has 2 rings (SSSR count). The largest absolute Gasteiger partial charge is 1.00 e. The van der Waals surface area contributed by atoms with E-state index < -0.39 is 0 Å². The molecule has 0 aliphatic heterocycles. The van der Waals surface area contributed by atoms with Crippen LogP contribution in [-0.2, 0) is 17.8 Å². The lowest BCUT2D eigenvalue weighted by Gasteiger charge is -1.97. The van der Waals surface area contributed by atoms with E-state index in [-0.39, 0.29) is 22.8 Å². The molecule has 2 aromatic rings. The summed E-state index contributed by atoms with van der Waals surface area (Å²) in [6.45, 7) is 0.738. The van der Waals surface area contributed by atoms with Crippen molar-refractivity contribution in [2.24, 2.45) is 0 Å². The normalized spacial score (nSPS) is 9.89. The van der Waals surface area contributed by atoms with Gasteiger partial charge in [0.15, 0.2) is 24.8 Å². The van der Waals surface area contributed by atoms with Gasteiger partial charge in [-0.2, -0.15) is 5.21 Å². The highest BCUT2D eigenvalue weighted by Crippen LogP contribution is 2.00. The number of carbonyl (C=O) groups is 1. The Bertz CT molecular complexity index is 474. The van der Waals surface area contributed by atoms with Crippen LogP contribution in [0.2, 0.25) is 0 Å². The number of nitrogens with one attached hydrogen (secondary N) is 1. The first-order valence-corrected chi connectivity index (χ1v) is 6.03. The lowest BCUT2D eigenvalue weighted by atomic mass is 10.1. The summed E-state index contributed by atoms with van der Waals surface area (Å²) in [6, 6.07) is 5.88. The monoisotopic (exact) mass is 325 g/mol. The Morgan fingerprint density at radius 1 is 1.21 bits per heavy atom. The molecule has 0 saturated heterocycles. The number of aromatic amines is 1. The molecular weight excluding hydrogens is 310 g/mol.